The minimum absolute atomic E-state index is 0.0789. The minimum atomic E-state index is -0.530. The highest BCUT2D eigenvalue weighted by atomic mass is 79.9. The van der Waals surface area contributed by atoms with Crippen LogP contribution in [-0.4, -0.2) is 70.2 Å². The van der Waals surface area contributed by atoms with Crippen molar-refractivity contribution in [1.29, 1.82) is 0 Å². The van der Waals surface area contributed by atoms with Gasteiger partial charge in [0.05, 0.1) is 4.32 Å². The highest BCUT2D eigenvalue weighted by molar-refractivity contribution is 9.10. The van der Waals surface area contributed by atoms with Crippen LogP contribution in [0.25, 0.3) is 0 Å². The molecule has 1 aliphatic rings. The number of hydrogen-bond donors (Lipinski definition) is 0. The van der Waals surface area contributed by atoms with Gasteiger partial charge in [0.1, 0.15) is 0 Å². The summed E-state index contributed by atoms with van der Waals surface area (Å²) in [4.78, 5) is 29.7. The van der Waals surface area contributed by atoms with Crippen molar-refractivity contribution < 1.29 is 9.59 Å². The van der Waals surface area contributed by atoms with Gasteiger partial charge in [0.2, 0.25) is 5.91 Å². The molecule has 0 unspecified atom stereocenters. The molecule has 1 fully saturated rings. The first kappa shape index (κ1) is 16.3. The number of nitrogens with zero attached hydrogens (tertiary/aromatic N) is 3. The van der Waals surface area contributed by atoms with Crippen molar-refractivity contribution in [1.82, 2.24) is 14.7 Å². The van der Waals surface area contributed by atoms with Gasteiger partial charge >= 0.3 is 6.03 Å². The van der Waals surface area contributed by atoms with E-state index < -0.39 is 4.32 Å². The monoisotopic (exact) mass is 333 g/mol. The van der Waals surface area contributed by atoms with Gasteiger partial charge in [0.15, 0.2) is 0 Å². The van der Waals surface area contributed by atoms with E-state index in [9.17, 15) is 9.59 Å². The topological polar surface area (TPSA) is 43.9 Å². The molecule has 0 aliphatic carbocycles. The summed E-state index contributed by atoms with van der Waals surface area (Å²) in [7, 11) is 0. The Kier molecular flexibility index (Phi) is 5.64. The second kappa shape index (κ2) is 6.59. The fourth-order valence-corrected chi connectivity index (χ4v) is 2.42. The Morgan fingerprint density at radius 3 is 1.84 bits per heavy atom. The molecule has 1 saturated heterocycles. The number of urea groups is 1. The van der Waals surface area contributed by atoms with Crippen LogP contribution in [0.5, 0.6) is 0 Å². The number of carbonyl (C=O) groups is 2. The summed E-state index contributed by atoms with van der Waals surface area (Å²) in [6, 6.07) is 0.0789. The number of rotatable bonds is 3. The van der Waals surface area contributed by atoms with Crippen LogP contribution >= 0.6 is 15.9 Å². The average Bonchev–Trinajstić information content (AvgIpc) is 2.38. The molecule has 0 aromatic carbocycles. The van der Waals surface area contributed by atoms with Crippen LogP contribution in [0.3, 0.4) is 0 Å². The minimum Gasteiger partial charge on any atom is -0.338 e. The predicted molar refractivity (Wildman–Crippen MR) is 79.5 cm³/mol. The molecule has 0 saturated carbocycles. The number of carbonyl (C=O) groups excluding carboxylic acids is 2. The van der Waals surface area contributed by atoms with E-state index in [1.807, 2.05) is 42.4 Å². The lowest BCUT2D eigenvalue weighted by atomic mass is 10.1. The molecule has 110 valence electrons. The normalized spacial score (nSPS) is 16.5. The molecule has 3 amide bonds. The Hall–Kier alpha value is -0.780. The summed E-state index contributed by atoms with van der Waals surface area (Å²) in [5.41, 5.74) is 0. The van der Waals surface area contributed by atoms with E-state index >= 15 is 0 Å². The molecule has 19 heavy (non-hydrogen) atoms. The van der Waals surface area contributed by atoms with E-state index in [0.717, 1.165) is 13.1 Å². The van der Waals surface area contributed by atoms with E-state index in [2.05, 4.69) is 15.9 Å². The van der Waals surface area contributed by atoms with Crippen LogP contribution in [-0.2, 0) is 4.79 Å². The molecule has 0 aromatic rings. The summed E-state index contributed by atoms with van der Waals surface area (Å²) in [6.07, 6.45) is 0. The maximum atomic E-state index is 12.2. The van der Waals surface area contributed by atoms with Crippen LogP contribution in [0, 0.1) is 0 Å². The van der Waals surface area contributed by atoms with Gasteiger partial charge in [-0.3, -0.25) is 4.79 Å². The molecule has 1 rings (SSSR count). The van der Waals surface area contributed by atoms with E-state index in [-0.39, 0.29) is 11.9 Å². The first-order chi connectivity index (χ1) is 8.81. The Labute approximate surface area is 124 Å². The summed E-state index contributed by atoms with van der Waals surface area (Å²) in [5.74, 6) is 0.0856. The van der Waals surface area contributed by atoms with Gasteiger partial charge < -0.3 is 14.7 Å². The van der Waals surface area contributed by atoms with E-state index in [0.29, 0.717) is 26.2 Å². The van der Waals surface area contributed by atoms with E-state index in [1.165, 1.54) is 0 Å². The number of halogens is 1. The van der Waals surface area contributed by atoms with Crippen LogP contribution < -0.4 is 0 Å². The second-order valence-corrected chi connectivity index (χ2v) is 7.19. The molecule has 0 aromatic heterocycles. The molecule has 6 heteroatoms. The number of piperazine rings is 1. The van der Waals surface area contributed by atoms with Crippen LogP contribution in [0.2, 0.25) is 0 Å². The standard InChI is InChI=1S/C13H24BrN3O2/c1-5-15(6-2)12(19)17-9-7-16(8-10-17)11(18)13(3,4)14/h5-10H2,1-4H3. The molecule has 0 spiro atoms. The molecule has 0 bridgehead atoms. The third-order valence-electron chi connectivity index (χ3n) is 3.38. The van der Waals surface area contributed by atoms with Crippen molar-refractivity contribution in [3.8, 4) is 0 Å². The lowest BCUT2D eigenvalue weighted by Gasteiger charge is -2.38. The summed E-state index contributed by atoms with van der Waals surface area (Å²) < 4.78 is -0.530. The van der Waals surface area contributed by atoms with Crippen molar-refractivity contribution in [2.24, 2.45) is 0 Å². The second-order valence-electron chi connectivity index (χ2n) is 5.21. The largest absolute Gasteiger partial charge is 0.338 e. The Bertz CT molecular complexity index is 329. The molecule has 1 aliphatic heterocycles. The highest BCUT2D eigenvalue weighted by Crippen LogP contribution is 2.20. The van der Waals surface area contributed by atoms with Crippen molar-refractivity contribution in [2.75, 3.05) is 39.3 Å². The smallest absolute Gasteiger partial charge is 0.320 e. The average molecular weight is 334 g/mol. The van der Waals surface area contributed by atoms with Crippen molar-refractivity contribution in [2.45, 2.75) is 32.0 Å². The molecule has 0 radical (unpaired) electrons. The highest BCUT2D eigenvalue weighted by Gasteiger charge is 2.32. The predicted octanol–water partition coefficient (Wildman–Crippen LogP) is 1.77. The van der Waals surface area contributed by atoms with Gasteiger partial charge in [-0.25, -0.2) is 4.79 Å². The summed E-state index contributed by atoms with van der Waals surface area (Å²) >= 11 is 3.39. The van der Waals surface area contributed by atoms with Crippen LogP contribution in [0.1, 0.15) is 27.7 Å². The number of alkyl halides is 1. The van der Waals surface area contributed by atoms with Gasteiger partial charge in [-0.15, -0.1) is 0 Å². The van der Waals surface area contributed by atoms with Gasteiger partial charge in [0.25, 0.3) is 0 Å². The number of amides is 3. The SMILES string of the molecule is CCN(CC)C(=O)N1CCN(C(=O)C(C)(C)Br)CC1. The molecular formula is C13H24BrN3O2. The molecule has 0 N–H and O–H groups in total. The van der Waals surface area contributed by atoms with Gasteiger partial charge in [-0.2, -0.15) is 0 Å². The number of hydrogen-bond acceptors (Lipinski definition) is 2. The summed E-state index contributed by atoms with van der Waals surface area (Å²) in [6.45, 7) is 11.6. The fourth-order valence-electron chi connectivity index (χ4n) is 2.17. The van der Waals surface area contributed by atoms with Crippen molar-refractivity contribution in [3.05, 3.63) is 0 Å². The molecule has 5 nitrogen and oxygen atoms in total. The fraction of sp³-hybridized carbons (Fsp3) is 0.846. The van der Waals surface area contributed by atoms with E-state index in [4.69, 9.17) is 0 Å². The van der Waals surface area contributed by atoms with Gasteiger partial charge in [-0.05, 0) is 27.7 Å². The maximum Gasteiger partial charge on any atom is 0.320 e. The Morgan fingerprint density at radius 2 is 1.47 bits per heavy atom. The first-order valence-electron chi connectivity index (χ1n) is 6.83. The third-order valence-corrected chi connectivity index (χ3v) is 3.72. The molecule has 1 heterocycles. The first-order valence-corrected chi connectivity index (χ1v) is 7.62. The molecular weight excluding hydrogens is 310 g/mol. The molecule has 0 atom stereocenters. The van der Waals surface area contributed by atoms with Crippen LogP contribution in [0.15, 0.2) is 0 Å². The van der Waals surface area contributed by atoms with E-state index in [1.54, 1.807) is 0 Å². The van der Waals surface area contributed by atoms with Crippen LogP contribution in [0.4, 0.5) is 4.79 Å². The Morgan fingerprint density at radius 1 is 1.05 bits per heavy atom. The third kappa shape index (κ3) is 4.09. The maximum absolute atomic E-state index is 12.2. The van der Waals surface area contributed by atoms with Crippen molar-refractivity contribution in [3.63, 3.8) is 0 Å². The zero-order valence-corrected chi connectivity index (χ0v) is 13.9. The van der Waals surface area contributed by atoms with Gasteiger partial charge in [-0.1, -0.05) is 15.9 Å². The lowest BCUT2D eigenvalue weighted by molar-refractivity contribution is -0.134. The summed E-state index contributed by atoms with van der Waals surface area (Å²) in [5, 5.41) is 0. The quantitative estimate of drug-likeness (QED) is 0.739. The van der Waals surface area contributed by atoms with Gasteiger partial charge in [0, 0.05) is 39.3 Å². The lowest BCUT2D eigenvalue weighted by Crippen LogP contribution is -2.56. The Balaban J connectivity index is 2.54. The zero-order valence-electron chi connectivity index (χ0n) is 12.3. The van der Waals surface area contributed by atoms with Crippen molar-refractivity contribution >= 4 is 27.9 Å². The zero-order chi connectivity index (χ0) is 14.6.